The highest BCUT2D eigenvalue weighted by Gasteiger charge is 2.18. The molecule has 62 heavy (non-hydrogen) atoms. The van der Waals surface area contributed by atoms with E-state index in [1.807, 2.05) is 12.1 Å². The Kier molecular flexibility index (Phi) is 4.35. The third kappa shape index (κ3) is 6.12. The monoisotopic (exact) mass is 814 g/mol. The van der Waals surface area contributed by atoms with Crippen molar-refractivity contribution in [3.63, 3.8) is 0 Å². The summed E-state index contributed by atoms with van der Waals surface area (Å²) in [5.74, 6) is 0. The molecule has 0 bridgehead atoms. The molecule has 0 saturated heterocycles. The van der Waals surface area contributed by atoms with Gasteiger partial charge in [0.2, 0.25) is 0 Å². The van der Waals surface area contributed by atoms with Crippen molar-refractivity contribution < 1.29 is 35.6 Å². The fourth-order valence-electron chi connectivity index (χ4n) is 7.86. The first kappa shape index (κ1) is 18.2. The lowest BCUT2D eigenvalue weighted by molar-refractivity contribution is 1.18. The quantitative estimate of drug-likeness (QED) is 0.152. The van der Waals surface area contributed by atoms with E-state index >= 15 is 0 Å². The van der Waals surface area contributed by atoms with Crippen LogP contribution in [-0.4, -0.2) is 9.13 Å². The molecule has 12 rings (SSSR count). The summed E-state index contributed by atoms with van der Waals surface area (Å²) in [5.41, 5.74) is -2.37. The van der Waals surface area contributed by atoms with E-state index in [-0.39, 0.29) is 11.4 Å². The maximum absolute atomic E-state index is 9.86. The van der Waals surface area contributed by atoms with Gasteiger partial charge in [0.25, 0.3) is 0 Å². The lowest BCUT2D eigenvalue weighted by Crippen LogP contribution is -1.96. The number of benzene rings is 10. The van der Waals surface area contributed by atoms with Gasteiger partial charge in [0.05, 0.1) is 57.7 Å². The molecule has 0 aliphatic carbocycles. The number of aromatic nitrogens is 2. The predicted octanol–water partition coefficient (Wildman–Crippen LogP) is 16.2. The van der Waals surface area contributed by atoms with E-state index in [1.165, 1.54) is 9.13 Å². The maximum Gasteiger partial charge on any atom is 0.0651 e. The molecule has 2 heteroatoms. The Morgan fingerprint density at radius 1 is 0.258 bits per heavy atom. The molecule has 0 fully saturated rings. The summed E-state index contributed by atoms with van der Waals surface area (Å²) in [6.45, 7) is 0. The summed E-state index contributed by atoms with van der Waals surface area (Å²) in [6, 6.07) is 4.72. The van der Waals surface area contributed by atoms with Crippen LogP contribution in [0.5, 0.6) is 0 Å². The highest BCUT2D eigenvalue weighted by atomic mass is 15.0. The summed E-state index contributed by atoms with van der Waals surface area (Å²) in [4.78, 5) is 0. The van der Waals surface area contributed by atoms with Gasteiger partial charge in [0, 0.05) is 32.9 Å². The topological polar surface area (TPSA) is 9.86 Å². The Bertz CT molecular complexity index is 4970. The van der Waals surface area contributed by atoms with Crippen LogP contribution in [-0.2, 0) is 0 Å². The zero-order valence-corrected chi connectivity index (χ0v) is 32.0. The van der Waals surface area contributed by atoms with Crippen molar-refractivity contribution in [1.29, 1.82) is 0 Å². The Morgan fingerprint density at radius 3 is 1.16 bits per heavy atom. The van der Waals surface area contributed by atoms with Crippen LogP contribution in [0.15, 0.2) is 242 Å². The van der Waals surface area contributed by atoms with E-state index in [0.29, 0.717) is 54.7 Å². The maximum atomic E-state index is 9.86. The molecule has 2 aromatic heterocycles. The van der Waals surface area contributed by atoms with Crippen LogP contribution in [0.2, 0.25) is 0 Å². The first-order valence-corrected chi connectivity index (χ1v) is 19.2. The Hall–Kier alpha value is -8.20. The van der Waals surface area contributed by atoms with E-state index in [4.69, 9.17) is 26.0 Å². The van der Waals surface area contributed by atoms with Crippen LogP contribution in [0, 0.1) is 0 Å². The van der Waals surface area contributed by atoms with Crippen molar-refractivity contribution in [3.05, 3.63) is 242 Å². The molecule has 0 unspecified atom stereocenters. The van der Waals surface area contributed by atoms with Gasteiger partial charge in [-0.25, -0.2) is 0 Å². The summed E-state index contributed by atoms with van der Waals surface area (Å²) in [6.07, 6.45) is 0. The van der Waals surface area contributed by atoms with Crippen LogP contribution < -0.4 is 0 Å². The molecule has 12 aromatic rings. The summed E-state index contributed by atoms with van der Waals surface area (Å²) >= 11 is 0. The van der Waals surface area contributed by atoms with Gasteiger partial charge in [0.15, 0.2) is 0 Å². The van der Waals surface area contributed by atoms with Crippen LogP contribution >= 0.6 is 0 Å². The van der Waals surface area contributed by atoms with Gasteiger partial charge in [-0.2, -0.15) is 0 Å². The molecule has 10 aromatic carbocycles. The fraction of sp³-hybridized carbons (Fsp3) is 0. The first-order valence-electron chi connectivity index (χ1n) is 32.2. The second-order valence-corrected chi connectivity index (χ2v) is 14.1. The summed E-state index contributed by atoms with van der Waals surface area (Å²) < 4.78 is 234. The van der Waals surface area contributed by atoms with Gasteiger partial charge in [-0.3, -0.25) is 0 Å². The summed E-state index contributed by atoms with van der Waals surface area (Å²) in [7, 11) is 0. The van der Waals surface area contributed by atoms with Crippen molar-refractivity contribution >= 4 is 43.6 Å². The van der Waals surface area contributed by atoms with E-state index < -0.39 is 202 Å². The molecule has 2 nitrogen and oxygen atoms in total. The van der Waals surface area contributed by atoms with Gasteiger partial charge >= 0.3 is 0 Å². The van der Waals surface area contributed by atoms with Crippen LogP contribution in [0.25, 0.3) is 111 Å². The number of fused-ring (bicyclic) bond motifs is 6. The van der Waals surface area contributed by atoms with Gasteiger partial charge in [-0.05, 0) is 122 Å². The van der Waals surface area contributed by atoms with Gasteiger partial charge in [-0.1, -0.05) is 175 Å². The molecule has 0 spiro atoms. The van der Waals surface area contributed by atoms with Crippen molar-refractivity contribution in [2.24, 2.45) is 0 Å². The van der Waals surface area contributed by atoms with Crippen molar-refractivity contribution in [2.45, 2.75) is 0 Å². The zero-order valence-electron chi connectivity index (χ0n) is 58.0. The number of para-hydroxylation sites is 2. The molecule has 0 N–H and O–H groups in total. The van der Waals surface area contributed by atoms with Crippen molar-refractivity contribution in [2.75, 3.05) is 0 Å². The predicted molar refractivity (Wildman–Crippen MR) is 262 cm³/mol. The molecule has 2 heterocycles. The highest BCUT2D eigenvalue weighted by Crippen LogP contribution is 2.40. The third-order valence-corrected chi connectivity index (χ3v) is 10.6. The minimum Gasteiger partial charge on any atom is -0.309 e. The first-order chi connectivity index (χ1) is 41.6. The average Bonchev–Trinajstić information content (AvgIpc) is 1.33. The highest BCUT2D eigenvalue weighted by molar-refractivity contribution is 6.13. The van der Waals surface area contributed by atoms with Gasteiger partial charge < -0.3 is 9.13 Å². The van der Waals surface area contributed by atoms with Crippen LogP contribution in [0.1, 0.15) is 35.6 Å². The van der Waals surface area contributed by atoms with Crippen LogP contribution in [0.3, 0.4) is 0 Å². The standard InChI is InChI=1S/C60H40N2/c1-4-15-41(16-5-1)44-27-29-45(30-28-44)46-21-14-22-51(36-46)61-57-25-12-10-23-53(57)55-39-47(31-33-59(55)61)48-32-34-60-56(40-48)54-24-11-13-26-58(54)62(60)52-37-49(42-17-6-2-7-18-42)35-50(38-52)43-19-8-3-9-20-43/h1-40H/i1D,2D,3D,4D,5D,6D,7D,8D,9D,14D,15D,16D,17D,18D,19D,20D,21D,22D,27D,28D,29D,30D,35D,36D,37D,38D. The number of hydrogen-bond acceptors (Lipinski definition) is 0. The molecule has 0 aliphatic rings. The molecule has 0 aliphatic heterocycles. The van der Waals surface area contributed by atoms with E-state index in [1.54, 1.807) is 72.8 Å². The second-order valence-electron chi connectivity index (χ2n) is 14.1. The smallest absolute Gasteiger partial charge is 0.0651 e. The van der Waals surface area contributed by atoms with Crippen LogP contribution in [0.4, 0.5) is 0 Å². The minimum atomic E-state index is -0.837. The molecule has 0 amide bonds. The molecule has 0 saturated carbocycles. The number of nitrogens with zero attached hydrogens (tertiary/aromatic N) is 2. The van der Waals surface area contributed by atoms with Gasteiger partial charge in [0.1, 0.15) is 0 Å². The SMILES string of the molecule is [2H]c1c([2H])c([2H])c(-c2c([2H])c([2H])c(-c3c([2H])c([2H])c([2H])c(-n4c5ccccc5c5cc(-c6ccc7c(c6)c6ccccc6n7-c6c([2H])c(-c7c([2H])c([2H])c([2H])c([2H])c7[2H])c([2H])c(-c7c([2H])c([2H])c([2H])c([2H])c7[2H])c6[2H])ccc54)c3[2H])c([2H])c2[2H])c([2H])c1[2H]. The van der Waals surface area contributed by atoms with E-state index in [2.05, 4.69) is 0 Å². The second kappa shape index (κ2) is 14.8. The number of rotatable bonds is 7. The average molecular weight is 815 g/mol. The van der Waals surface area contributed by atoms with Gasteiger partial charge in [-0.15, -0.1) is 0 Å². The molecule has 0 radical (unpaired) electrons. The fourth-order valence-corrected chi connectivity index (χ4v) is 7.86. The third-order valence-electron chi connectivity index (χ3n) is 10.6. The lowest BCUT2D eigenvalue weighted by Gasteiger charge is -2.14. The Balaban J connectivity index is 1.07. The molecular formula is C60H40N2. The van der Waals surface area contributed by atoms with Crippen molar-refractivity contribution in [1.82, 2.24) is 9.13 Å². The number of hydrogen-bond donors (Lipinski definition) is 0. The molecule has 290 valence electrons. The zero-order chi connectivity index (χ0) is 63.6. The minimum absolute atomic E-state index is 0.249. The molecular weight excluding hydrogens is 749 g/mol. The van der Waals surface area contributed by atoms with Crippen molar-refractivity contribution in [3.8, 4) is 67.0 Å². The largest absolute Gasteiger partial charge is 0.309 e. The normalized spacial score (nSPS) is 17.4. The lowest BCUT2D eigenvalue weighted by atomic mass is 9.98. The molecule has 0 atom stereocenters. The summed E-state index contributed by atoms with van der Waals surface area (Å²) in [5, 5.41) is 2.27. The Morgan fingerprint density at radius 2 is 0.645 bits per heavy atom. The van der Waals surface area contributed by atoms with E-state index in [0.717, 1.165) is 0 Å². The Labute approximate surface area is 397 Å². The van der Waals surface area contributed by atoms with E-state index in [9.17, 15) is 9.60 Å².